The molecule has 0 aromatic heterocycles. The lowest BCUT2D eigenvalue weighted by Crippen LogP contribution is -2.13. The second-order valence-electron chi connectivity index (χ2n) is 4.26. The van der Waals surface area contributed by atoms with Crippen molar-refractivity contribution in [3.63, 3.8) is 0 Å². The van der Waals surface area contributed by atoms with E-state index in [4.69, 9.17) is 26.8 Å². The second kappa shape index (κ2) is 6.65. The molecule has 0 saturated carbocycles. The van der Waals surface area contributed by atoms with E-state index in [1.54, 1.807) is 14.2 Å². The van der Waals surface area contributed by atoms with E-state index in [9.17, 15) is 0 Å². The predicted molar refractivity (Wildman–Crippen MR) is 89.7 cm³/mol. The maximum Gasteiger partial charge on any atom is 0.161 e. The fourth-order valence-electron chi connectivity index (χ4n) is 1.98. The normalized spacial score (nSPS) is 12.1. The molecule has 2 aromatic rings. The van der Waals surface area contributed by atoms with Gasteiger partial charge in [0.05, 0.1) is 20.3 Å². The van der Waals surface area contributed by atoms with E-state index in [0.29, 0.717) is 16.5 Å². The maximum atomic E-state index is 6.34. The van der Waals surface area contributed by atoms with E-state index in [2.05, 4.69) is 22.6 Å². The fraction of sp³-hybridized carbons (Fsp3) is 0.200. The molecule has 0 bridgehead atoms. The van der Waals surface area contributed by atoms with E-state index >= 15 is 0 Å². The van der Waals surface area contributed by atoms with Gasteiger partial charge in [0.15, 0.2) is 11.5 Å². The van der Waals surface area contributed by atoms with Crippen LogP contribution >= 0.6 is 34.2 Å². The molecule has 3 nitrogen and oxygen atoms in total. The SMILES string of the molecule is COc1ccc(C(N)c2cc(Cl)ccc2I)cc1OC. The zero-order chi connectivity index (χ0) is 14.7. The van der Waals surface area contributed by atoms with Crippen LogP contribution in [0, 0.1) is 3.57 Å². The minimum absolute atomic E-state index is 0.264. The van der Waals surface area contributed by atoms with Crippen LogP contribution in [-0.2, 0) is 0 Å². The van der Waals surface area contributed by atoms with Crippen molar-refractivity contribution in [3.05, 3.63) is 56.1 Å². The Labute approximate surface area is 137 Å². The molecule has 0 saturated heterocycles. The minimum Gasteiger partial charge on any atom is -0.493 e. The largest absolute Gasteiger partial charge is 0.493 e. The number of ether oxygens (including phenoxy) is 2. The van der Waals surface area contributed by atoms with Gasteiger partial charge in [-0.2, -0.15) is 0 Å². The zero-order valence-corrected chi connectivity index (χ0v) is 14.1. The lowest BCUT2D eigenvalue weighted by molar-refractivity contribution is 0.354. The van der Waals surface area contributed by atoms with Crippen LogP contribution in [0.15, 0.2) is 36.4 Å². The van der Waals surface area contributed by atoms with Crippen LogP contribution in [0.25, 0.3) is 0 Å². The van der Waals surface area contributed by atoms with Crippen LogP contribution in [-0.4, -0.2) is 14.2 Å². The van der Waals surface area contributed by atoms with Crippen molar-refractivity contribution in [1.29, 1.82) is 0 Å². The summed E-state index contributed by atoms with van der Waals surface area (Å²) in [6, 6.07) is 11.1. The maximum absolute atomic E-state index is 6.34. The molecule has 0 spiro atoms. The topological polar surface area (TPSA) is 44.5 Å². The first-order chi connectivity index (χ1) is 9.56. The monoisotopic (exact) mass is 403 g/mol. The number of halogens is 2. The smallest absolute Gasteiger partial charge is 0.161 e. The van der Waals surface area contributed by atoms with Crippen LogP contribution in [0.5, 0.6) is 11.5 Å². The summed E-state index contributed by atoms with van der Waals surface area (Å²) in [6.07, 6.45) is 0. The highest BCUT2D eigenvalue weighted by atomic mass is 127. The molecule has 0 aliphatic heterocycles. The van der Waals surface area contributed by atoms with Crippen molar-refractivity contribution in [2.45, 2.75) is 6.04 Å². The standard InChI is InChI=1S/C15H15ClINO2/c1-19-13-6-3-9(7-14(13)20-2)15(18)11-8-10(16)4-5-12(11)17/h3-8,15H,18H2,1-2H3. The molecule has 2 rings (SSSR count). The van der Waals surface area contributed by atoms with Gasteiger partial charge in [-0.1, -0.05) is 17.7 Å². The summed E-state index contributed by atoms with van der Waals surface area (Å²) in [6.45, 7) is 0. The van der Waals surface area contributed by atoms with E-state index in [1.807, 2.05) is 36.4 Å². The molecule has 0 aliphatic rings. The molecule has 106 valence electrons. The van der Waals surface area contributed by atoms with E-state index in [-0.39, 0.29) is 6.04 Å². The predicted octanol–water partition coefficient (Wildman–Crippen LogP) is 4.01. The summed E-state index contributed by atoms with van der Waals surface area (Å²) in [5, 5.41) is 0.677. The van der Waals surface area contributed by atoms with Gasteiger partial charge in [0.2, 0.25) is 0 Å². The number of hydrogen-bond acceptors (Lipinski definition) is 3. The third kappa shape index (κ3) is 3.19. The Morgan fingerprint density at radius 3 is 2.40 bits per heavy atom. The summed E-state index contributed by atoms with van der Waals surface area (Å²) in [7, 11) is 3.22. The molecule has 0 fully saturated rings. The first-order valence-electron chi connectivity index (χ1n) is 5.99. The molecular weight excluding hydrogens is 389 g/mol. The lowest BCUT2D eigenvalue weighted by atomic mass is 9.99. The van der Waals surface area contributed by atoms with Crippen LogP contribution < -0.4 is 15.2 Å². The van der Waals surface area contributed by atoms with Crippen molar-refractivity contribution in [2.75, 3.05) is 14.2 Å². The Kier molecular flexibility index (Phi) is 5.12. The van der Waals surface area contributed by atoms with E-state index in [1.165, 1.54) is 0 Å². The average Bonchev–Trinajstić information content (AvgIpc) is 2.48. The Morgan fingerprint density at radius 2 is 1.75 bits per heavy atom. The van der Waals surface area contributed by atoms with Crippen LogP contribution in [0.3, 0.4) is 0 Å². The third-order valence-corrected chi connectivity index (χ3v) is 4.28. The van der Waals surface area contributed by atoms with Crippen molar-refractivity contribution < 1.29 is 9.47 Å². The second-order valence-corrected chi connectivity index (χ2v) is 5.86. The molecule has 1 unspecified atom stereocenters. The minimum atomic E-state index is -0.264. The van der Waals surface area contributed by atoms with E-state index < -0.39 is 0 Å². The molecule has 20 heavy (non-hydrogen) atoms. The van der Waals surface area contributed by atoms with Gasteiger partial charge in [0.25, 0.3) is 0 Å². The molecule has 2 aromatic carbocycles. The summed E-state index contributed by atoms with van der Waals surface area (Å²) in [4.78, 5) is 0. The summed E-state index contributed by atoms with van der Waals surface area (Å²) in [5.41, 5.74) is 8.28. The first kappa shape index (κ1) is 15.4. The summed E-state index contributed by atoms with van der Waals surface area (Å²) < 4.78 is 11.6. The Bertz CT molecular complexity index is 619. The van der Waals surface area contributed by atoms with Crippen molar-refractivity contribution in [2.24, 2.45) is 5.73 Å². The van der Waals surface area contributed by atoms with Gasteiger partial charge in [0.1, 0.15) is 0 Å². The first-order valence-corrected chi connectivity index (χ1v) is 7.45. The van der Waals surface area contributed by atoms with Gasteiger partial charge < -0.3 is 15.2 Å². The molecule has 0 aliphatic carbocycles. The Morgan fingerprint density at radius 1 is 1.05 bits per heavy atom. The summed E-state index contributed by atoms with van der Waals surface area (Å²) in [5.74, 6) is 1.35. The zero-order valence-electron chi connectivity index (χ0n) is 11.2. The Balaban J connectivity index is 2.42. The molecule has 2 N–H and O–H groups in total. The number of nitrogens with two attached hydrogens (primary N) is 1. The Hall–Kier alpha value is -0.980. The number of rotatable bonds is 4. The quantitative estimate of drug-likeness (QED) is 0.785. The van der Waals surface area contributed by atoms with Crippen molar-refractivity contribution in [3.8, 4) is 11.5 Å². The van der Waals surface area contributed by atoms with Crippen molar-refractivity contribution >= 4 is 34.2 Å². The highest BCUT2D eigenvalue weighted by Gasteiger charge is 2.15. The molecule has 0 radical (unpaired) electrons. The number of hydrogen-bond donors (Lipinski definition) is 1. The van der Waals surface area contributed by atoms with Gasteiger partial charge in [-0.3, -0.25) is 0 Å². The highest BCUT2D eigenvalue weighted by Crippen LogP contribution is 2.33. The lowest BCUT2D eigenvalue weighted by Gasteiger charge is -2.17. The molecule has 0 amide bonds. The van der Waals surface area contributed by atoms with Crippen LogP contribution in [0.4, 0.5) is 0 Å². The van der Waals surface area contributed by atoms with Gasteiger partial charge in [0, 0.05) is 8.59 Å². The van der Waals surface area contributed by atoms with Gasteiger partial charge in [-0.05, 0) is 64.0 Å². The number of benzene rings is 2. The molecule has 1 atom stereocenters. The third-order valence-electron chi connectivity index (χ3n) is 3.06. The van der Waals surface area contributed by atoms with Gasteiger partial charge >= 0.3 is 0 Å². The highest BCUT2D eigenvalue weighted by molar-refractivity contribution is 14.1. The fourth-order valence-corrected chi connectivity index (χ4v) is 2.83. The average molecular weight is 404 g/mol. The van der Waals surface area contributed by atoms with E-state index in [0.717, 1.165) is 14.7 Å². The van der Waals surface area contributed by atoms with Gasteiger partial charge in [-0.15, -0.1) is 0 Å². The van der Waals surface area contributed by atoms with Gasteiger partial charge in [-0.25, -0.2) is 0 Å². The van der Waals surface area contributed by atoms with Crippen molar-refractivity contribution in [1.82, 2.24) is 0 Å². The number of methoxy groups -OCH3 is 2. The molecular formula is C15H15ClINO2. The van der Waals surface area contributed by atoms with Crippen LogP contribution in [0.2, 0.25) is 5.02 Å². The molecule has 5 heteroatoms. The molecule has 0 heterocycles. The van der Waals surface area contributed by atoms with Crippen LogP contribution in [0.1, 0.15) is 17.2 Å². The summed E-state index contributed by atoms with van der Waals surface area (Å²) >= 11 is 8.31.